The Labute approximate surface area is 240 Å². The molecule has 1 aromatic heterocycles. The number of nitrogens with two attached hydrogens (primary N) is 2. The van der Waals surface area contributed by atoms with E-state index in [0.717, 1.165) is 32.1 Å². The van der Waals surface area contributed by atoms with Crippen LogP contribution in [0.4, 0.5) is 0 Å². The number of nitrogens with one attached hydrogen (secondary N) is 1. The standard InChI is InChI=1S/C28H45N7O6/c1-27(2,40)20-15-31-33-35(20)19-16-34(26(39)18(29)14-17-10-6-4-7-11-17)21(22(19)41-3)25(38)32-28(23(36)24(30)37)12-8-5-9-13-28/h15,17-19,21-22,40H,4-14,16,29H2,1-3H3,(H2,30,37)(H,32,38)/t18-,19?,21?,22?/m1/s1. The van der Waals surface area contributed by atoms with Crippen LogP contribution in [0.5, 0.6) is 0 Å². The van der Waals surface area contributed by atoms with Crippen LogP contribution < -0.4 is 16.8 Å². The van der Waals surface area contributed by atoms with E-state index in [2.05, 4.69) is 15.6 Å². The fourth-order valence-corrected chi connectivity index (χ4v) is 6.96. The van der Waals surface area contributed by atoms with Gasteiger partial charge in [0.05, 0.1) is 17.9 Å². The first-order valence-electron chi connectivity index (χ1n) is 14.8. The van der Waals surface area contributed by atoms with Gasteiger partial charge in [0.25, 0.3) is 5.91 Å². The van der Waals surface area contributed by atoms with E-state index in [1.807, 2.05) is 0 Å². The number of ketones is 1. The number of carbonyl (C=O) groups excluding carboxylic acids is 4. The van der Waals surface area contributed by atoms with Gasteiger partial charge in [0.15, 0.2) is 0 Å². The summed E-state index contributed by atoms with van der Waals surface area (Å²) in [6, 6.07) is -2.68. The highest BCUT2D eigenvalue weighted by Crippen LogP contribution is 2.36. The minimum absolute atomic E-state index is 0.0248. The number of Topliss-reactive ketones (excluding diaryl/α,β-unsaturated/α-hetero) is 1. The zero-order valence-electron chi connectivity index (χ0n) is 24.4. The van der Waals surface area contributed by atoms with Gasteiger partial charge in [0.1, 0.15) is 29.3 Å². The molecule has 3 fully saturated rings. The minimum atomic E-state index is -1.44. The molecule has 0 spiro atoms. The summed E-state index contributed by atoms with van der Waals surface area (Å²) in [6.07, 6.45) is 9.15. The second kappa shape index (κ2) is 12.5. The Morgan fingerprint density at radius 2 is 1.78 bits per heavy atom. The molecule has 3 aliphatic rings. The molecule has 1 saturated heterocycles. The van der Waals surface area contributed by atoms with Gasteiger partial charge in [0, 0.05) is 13.7 Å². The summed E-state index contributed by atoms with van der Waals surface area (Å²) in [4.78, 5) is 54.4. The average Bonchev–Trinajstić information content (AvgIpc) is 3.58. The molecule has 1 aromatic rings. The van der Waals surface area contributed by atoms with Crippen LogP contribution in [-0.2, 0) is 29.5 Å². The van der Waals surface area contributed by atoms with Gasteiger partial charge in [-0.25, -0.2) is 4.68 Å². The largest absolute Gasteiger partial charge is 0.384 e. The first-order chi connectivity index (χ1) is 19.4. The second-order valence-electron chi connectivity index (χ2n) is 12.5. The topological polar surface area (TPSA) is 196 Å². The molecule has 0 radical (unpaired) electrons. The summed E-state index contributed by atoms with van der Waals surface area (Å²) >= 11 is 0. The highest BCUT2D eigenvalue weighted by Gasteiger charge is 2.53. The lowest BCUT2D eigenvalue weighted by Crippen LogP contribution is -2.64. The molecule has 41 heavy (non-hydrogen) atoms. The zero-order chi connectivity index (χ0) is 29.9. The quantitative estimate of drug-likeness (QED) is 0.286. The molecule has 13 nitrogen and oxygen atoms in total. The number of hydrogen-bond acceptors (Lipinski definition) is 9. The Bertz CT molecular complexity index is 1120. The Kier molecular flexibility index (Phi) is 9.49. The number of aromatic nitrogens is 3. The molecule has 2 saturated carbocycles. The highest BCUT2D eigenvalue weighted by atomic mass is 16.5. The number of likely N-dealkylation sites (tertiary alicyclic amines) is 1. The van der Waals surface area contributed by atoms with E-state index in [1.54, 1.807) is 13.8 Å². The van der Waals surface area contributed by atoms with E-state index < -0.39 is 58.9 Å². The number of nitrogens with zero attached hydrogens (tertiary/aromatic N) is 4. The average molecular weight is 576 g/mol. The Balaban J connectivity index is 1.68. The second-order valence-corrected chi connectivity index (χ2v) is 12.5. The van der Waals surface area contributed by atoms with Crippen LogP contribution in [0.2, 0.25) is 0 Å². The van der Waals surface area contributed by atoms with E-state index >= 15 is 0 Å². The van der Waals surface area contributed by atoms with Crippen LogP contribution in [-0.4, -0.2) is 85.9 Å². The first-order valence-corrected chi connectivity index (χ1v) is 14.8. The molecule has 6 N–H and O–H groups in total. The van der Waals surface area contributed by atoms with Crippen molar-refractivity contribution in [2.24, 2.45) is 17.4 Å². The number of primary amides is 1. The van der Waals surface area contributed by atoms with Crippen molar-refractivity contribution in [2.45, 2.75) is 120 Å². The number of methoxy groups -OCH3 is 1. The first kappa shape index (κ1) is 31.0. The fourth-order valence-electron chi connectivity index (χ4n) is 6.96. The third kappa shape index (κ3) is 6.46. The third-order valence-electron chi connectivity index (χ3n) is 9.11. The van der Waals surface area contributed by atoms with Crippen LogP contribution in [0.1, 0.15) is 96.2 Å². The summed E-state index contributed by atoms with van der Waals surface area (Å²) < 4.78 is 7.33. The molecule has 4 rings (SSSR count). The molecule has 13 heteroatoms. The van der Waals surface area contributed by atoms with Crippen LogP contribution in [0, 0.1) is 5.92 Å². The maximum absolute atomic E-state index is 14.1. The van der Waals surface area contributed by atoms with E-state index in [9.17, 15) is 24.3 Å². The van der Waals surface area contributed by atoms with Crippen LogP contribution in [0.3, 0.4) is 0 Å². The molecule has 4 atom stereocenters. The van der Waals surface area contributed by atoms with E-state index in [-0.39, 0.29) is 19.4 Å². The number of hydrogen-bond donors (Lipinski definition) is 4. The predicted molar refractivity (Wildman–Crippen MR) is 148 cm³/mol. The number of carbonyl (C=O) groups is 4. The van der Waals surface area contributed by atoms with Crippen molar-refractivity contribution in [2.75, 3.05) is 13.7 Å². The van der Waals surface area contributed by atoms with Gasteiger partial charge in [-0.05, 0) is 39.0 Å². The molecule has 0 aromatic carbocycles. The smallest absolute Gasteiger partial charge is 0.287 e. The Morgan fingerprint density at radius 1 is 1.15 bits per heavy atom. The van der Waals surface area contributed by atoms with Crippen molar-refractivity contribution in [3.8, 4) is 0 Å². The summed E-state index contributed by atoms with van der Waals surface area (Å²) in [5.74, 6) is -2.65. The molecule has 3 unspecified atom stereocenters. The van der Waals surface area contributed by atoms with Crippen molar-refractivity contribution in [1.29, 1.82) is 0 Å². The van der Waals surface area contributed by atoms with Crippen molar-refractivity contribution in [3.05, 3.63) is 11.9 Å². The van der Waals surface area contributed by atoms with Crippen molar-refractivity contribution >= 4 is 23.5 Å². The third-order valence-corrected chi connectivity index (χ3v) is 9.11. The number of amides is 3. The molecule has 2 aliphatic carbocycles. The lowest BCUT2D eigenvalue weighted by molar-refractivity contribution is -0.147. The van der Waals surface area contributed by atoms with E-state index in [1.165, 1.54) is 29.3 Å². The minimum Gasteiger partial charge on any atom is -0.384 e. The van der Waals surface area contributed by atoms with Crippen LogP contribution in [0.25, 0.3) is 0 Å². The summed E-state index contributed by atoms with van der Waals surface area (Å²) in [5.41, 5.74) is 9.51. The molecule has 1 aliphatic heterocycles. The number of aliphatic hydroxyl groups is 1. The molecule has 228 valence electrons. The molecular weight excluding hydrogens is 530 g/mol. The molecular formula is C28H45N7O6. The predicted octanol–water partition coefficient (Wildman–Crippen LogP) is 0.444. The normalized spacial score (nSPS) is 26.0. The Hall–Kier alpha value is -2.90. The summed E-state index contributed by atoms with van der Waals surface area (Å²) in [6.45, 7) is 3.21. The van der Waals surface area contributed by atoms with Crippen molar-refractivity contribution in [1.82, 2.24) is 25.2 Å². The molecule has 3 amide bonds. The fraction of sp³-hybridized carbons (Fsp3) is 0.786. The van der Waals surface area contributed by atoms with Gasteiger partial charge < -0.3 is 31.5 Å². The number of ether oxygens (including phenoxy) is 1. The molecule has 2 heterocycles. The van der Waals surface area contributed by atoms with Gasteiger partial charge in [-0.15, -0.1) is 5.10 Å². The Morgan fingerprint density at radius 3 is 2.37 bits per heavy atom. The van der Waals surface area contributed by atoms with Gasteiger partial charge in [-0.1, -0.05) is 56.6 Å². The highest BCUT2D eigenvalue weighted by molar-refractivity contribution is 6.39. The van der Waals surface area contributed by atoms with Gasteiger partial charge in [-0.3, -0.25) is 19.2 Å². The van der Waals surface area contributed by atoms with Gasteiger partial charge >= 0.3 is 0 Å². The zero-order valence-corrected chi connectivity index (χ0v) is 24.4. The lowest BCUT2D eigenvalue weighted by atomic mass is 9.78. The van der Waals surface area contributed by atoms with Gasteiger partial charge in [-0.2, -0.15) is 0 Å². The van der Waals surface area contributed by atoms with E-state index in [0.29, 0.717) is 30.9 Å². The van der Waals surface area contributed by atoms with Gasteiger partial charge in [0.2, 0.25) is 17.6 Å². The maximum atomic E-state index is 14.1. The van der Waals surface area contributed by atoms with Crippen molar-refractivity contribution in [3.63, 3.8) is 0 Å². The van der Waals surface area contributed by atoms with Crippen LogP contribution >= 0.6 is 0 Å². The lowest BCUT2D eigenvalue weighted by Gasteiger charge is -2.38. The van der Waals surface area contributed by atoms with Crippen molar-refractivity contribution < 1.29 is 29.0 Å². The monoisotopic (exact) mass is 575 g/mol. The maximum Gasteiger partial charge on any atom is 0.287 e. The van der Waals surface area contributed by atoms with Crippen LogP contribution in [0.15, 0.2) is 6.20 Å². The number of rotatable bonds is 10. The summed E-state index contributed by atoms with van der Waals surface area (Å²) in [7, 11) is 1.43. The molecule has 0 bridgehead atoms. The van der Waals surface area contributed by atoms with E-state index in [4.69, 9.17) is 16.2 Å². The SMILES string of the molecule is COC1C(C(=O)NC2(C(=O)C(N)=O)CCCCC2)N(C(=O)[C@H](N)CC2CCCCC2)CC1n1nncc1C(C)(C)O. The summed E-state index contributed by atoms with van der Waals surface area (Å²) in [5, 5.41) is 21.8.